The van der Waals surface area contributed by atoms with E-state index in [0.717, 1.165) is 25.8 Å². The van der Waals surface area contributed by atoms with Crippen molar-refractivity contribution in [2.45, 2.75) is 45.6 Å². The highest BCUT2D eigenvalue weighted by molar-refractivity contribution is 5.28. The molecule has 3 nitrogen and oxygen atoms in total. The molecule has 0 aliphatic heterocycles. The molecule has 0 aliphatic carbocycles. The van der Waals surface area contributed by atoms with Crippen LogP contribution in [0.2, 0.25) is 0 Å². The monoisotopic (exact) mass is 283 g/mol. The van der Waals surface area contributed by atoms with Gasteiger partial charge in [-0.2, -0.15) is 0 Å². The van der Waals surface area contributed by atoms with Gasteiger partial charge in [-0.25, -0.2) is 4.39 Å². The van der Waals surface area contributed by atoms with Crippen LogP contribution in [0, 0.1) is 12.7 Å². The lowest BCUT2D eigenvalue weighted by molar-refractivity contribution is 0.156. The molecule has 0 aromatic heterocycles. The molecule has 1 unspecified atom stereocenters. The highest BCUT2D eigenvalue weighted by atomic mass is 19.1. The quantitative estimate of drug-likeness (QED) is 0.684. The van der Waals surface area contributed by atoms with Gasteiger partial charge in [-0.1, -0.05) is 6.92 Å². The largest absolute Gasteiger partial charge is 0.494 e. The molecule has 0 bridgehead atoms. The first-order chi connectivity index (χ1) is 9.50. The van der Waals surface area contributed by atoms with E-state index in [1.165, 1.54) is 6.07 Å². The standard InChI is InChI=1S/C16H26FNO2/c1-4-9-18-16(3,12-19)8-5-10-20-14-6-7-15(17)13(2)11-14/h6-7,11,18-19H,4-5,8-10,12H2,1-3H3. The number of hydrogen-bond acceptors (Lipinski definition) is 3. The Morgan fingerprint density at radius 1 is 1.40 bits per heavy atom. The number of nitrogens with one attached hydrogen (secondary N) is 1. The van der Waals surface area contributed by atoms with Crippen molar-refractivity contribution in [3.63, 3.8) is 0 Å². The van der Waals surface area contributed by atoms with Gasteiger partial charge in [0, 0.05) is 5.54 Å². The van der Waals surface area contributed by atoms with Crippen molar-refractivity contribution in [2.75, 3.05) is 19.8 Å². The molecule has 20 heavy (non-hydrogen) atoms. The summed E-state index contributed by atoms with van der Waals surface area (Å²) in [5, 5.41) is 12.8. The van der Waals surface area contributed by atoms with E-state index >= 15 is 0 Å². The second-order valence-corrected chi connectivity index (χ2v) is 5.51. The predicted molar refractivity (Wildman–Crippen MR) is 79.7 cm³/mol. The maximum Gasteiger partial charge on any atom is 0.126 e. The molecule has 0 radical (unpaired) electrons. The van der Waals surface area contributed by atoms with E-state index < -0.39 is 0 Å². The number of aryl methyl sites for hydroxylation is 1. The van der Waals surface area contributed by atoms with Crippen LogP contribution in [0.5, 0.6) is 5.75 Å². The molecule has 2 N–H and O–H groups in total. The van der Waals surface area contributed by atoms with Crippen LogP contribution in [0.15, 0.2) is 18.2 Å². The Morgan fingerprint density at radius 2 is 2.15 bits per heavy atom. The lowest BCUT2D eigenvalue weighted by Gasteiger charge is -2.28. The van der Waals surface area contributed by atoms with E-state index in [1.54, 1.807) is 19.1 Å². The van der Waals surface area contributed by atoms with Crippen molar-refractivity contribution in [2.24, 2.45) is 0 Å². The van der Waals surface area contributed by atoms with Crippen LogP contribution in [0.1, 0.15) is 38.7 Å². The minimum Gasteiger partial charge on any atom is -0.494 e. The summed E-state index contributed by atoms with van der Waals surface area (Å²) < 4.78 is 18.7. The zero-order valence-electron chi connectivity index (χ0n) is 12.7. The number of aliphatic hydroxyl groups is 1. The third kappa shape index (κ3) is 5.47. The molecule has 1 aromatic carbocycles. The van der Waals surface area contributed by atoms with Gasteiger partial charge in [-0.3, -0.25) is 0 Å². The molecule has 0 amide bonds. The first-order valence-electron chi connectivity index (χ1n) is 7.25. The molecule has 4 heteroatoms. The van der Waals surface area contributed by atoms with Gasteiger partial charge in [-0.15, -0.1) is 0 Å². The highest BCUT2D eigenvalue weighted by Gasteiger charge is 2.21. The number of hydrogen-bond donors (Lipinski definition) is 2. The van der Waals surface area contributed by atoms with Crippen molar-refractivity contribution in [3.05, 3.63) is 29.6 Å². The minimum absolute atomic E-state index is 0.114. The molecule has 114 valence electrons. The van der Waals surface area contributed by atoms with Gasteiger partial charge in [0.05, 0.1) is 13.2 Å². The zero-order valence-corrected chi connectivity index (χ0v) is 12.7. The summed E-state index contributed by atoms with van der Waals surface area (Å²) in [4.78, 5) is 0. The minimum atomic E-state index is -0.252. The Hall–Kier alpha value is -1.13. The lowest BCUT2D eigenvalue weighted by Crippen LogP contribution is -2.46. The molecule has 0 aliphatic rings. The smallest absolute Gasteiger partial charge is 0.126 e. The summed E-state index contributed by atoms with van der Waals surface area (Å²) in [5.41, 5.74) is 0.338. The van der Waals surface area contributed by atoms with Crippen LogP contribution in [0.25, 0.3) is 0 Å². The Kier molecular flexibility index (Phi) is 6.96. The van der Waals surface area contributed by atoms with Gasteiger partial charge in [0.2, 0.25) is 0 Å². The molecule has 1 atom stereocenters. The Bertz CT molecular complexity index is 411. The van der Waals surface area contributed by atoms with Gasteiger partial charge < -0.3 is 15.2 Å². The molecule has 0 saturated carbocycles. The van der Waals surface area contributed by atoms with Crippen LogP contribution in [0.3, 0.4) is 0 Å². The van der Waals surface area contributed by atoms with Gasteiger partial charge in [0.15, 0.2) is 0 Å². The summed E-state index contributed by atoms with van der Waals surface area (Å²) >= 11 is 0. The van der Waals surface area contributed by atoms with E-state index in [-0.39, 0.29) is 18.0 Å². The summed E-state index contributed by atoms with van der Waals surface area (Å²) in [6, 6.07) is 4.77. The van der Waals surface area contributed by atoms with Crippen LogP contribution < -0.4 is 10.1 Å². The first-order valence-corrected chi connectivity index (χ1v) is 7.25. The van der Waals surface area contributed by atoms with Gasteiger partial charge in [-0.05, 0) is 63.4 Å². The Labute approximate surface area is 121 Å². The normalized spacial score (nSPS) is 14.1. The van der Waals surface area contributed by atoms with E-state index in [0.29, 0.717) is 17.9 Å². The molecule has 0 heterocycles. The molecular formula is C16H26FNO2. The SMILES string of the molecule is CCCNC(C)(CO)CCCOc1ccc(F)c(C)c1. The third-order valence-electron chi connectivity index (χ3n) is 3.42. The van der Waals surface area contributed by atoms with Crippen molar-refractivity contribution in [1.82, 2.24) is 5.32 Å². The molecule has 0 spiro atoms. The van der Waals surface area contributed by atoms with Crippen molar-refractivity contribution >= 4 is 0 Å². The van der Waals surface area contributed by atoms with Gasteiger partial charge >= 0.3 is 0 Å². The summed E-state index contributed by atoms with van der Waals surface area (Å²) in [6.07, 6.45) is 2.72. The topological polar surface area (TPSA) is 41.5 Å². The second kappa shape index (κ2) is 8.22. The van der Waals surface area contributed by atoms with E-state index in [2.05, 4.69) is 12.2 Å². The summed E-state index contributed by atoms with van der Waals surface area (Å²) in [7, 11) is 0. The fourth-order valence-corrected chi connectivity index (χ4v) is 2.01. The Morgan fingerprint density at radius 3 is 2.75 bits per heavy atom. The molecule has 0 saturated heterocycles. The number of aliphatic hydroxyl groups excluding tert-OH is 1. The third-order valence-corrected chi connectivity index (χ3v) is 3.42. The van der Waals surface area contributed by atoms with E-state index in [1.807, 2.05) is 6.92 Å². The van der Waals surface area contributed by atoms with Crippen LogP contribution in [-0.2, 0) is 0 Å². The first kappa shape index (κ1) is 16.9. The maximum absolute atomic E-state index is 13.1. The molecule has 0 fully saturated rings. The number of ether oxygens (including phenoxy) is 1. The second-order valence-electron chi connectivity index (χ2n) is 5.51. The number of rotatable bonds is 9. The van der Waals surface area contributed by atoms with Crippen molar-refractivity contribution in [3.8, 4) is 5.75 Å². The maximum atomic E-state index is 13.1. The lowest BCUT2D eigenvalue weighted by atomic mass is 9.97. The average Bonchev–Trinajstić information content (AvgIpc) is 2.45. The predicted octanol–water partition coefficient (Wildman–Crippen LogP) is 3.04. The summed E-state index contributed by atoms with van der Waals surface area (Å²) in [6.45, 7) is 7.42. The van der Waals surface area contributed by atoms with Gasteiger partial charge in [0.1, 0.15) is 11.6 Å². The molecule has 1 rings (SSSR count). The van der Waals surface area contributed by atoms with E-state index in [9.17, 15) is 9.50 Å². The van der Waals surface area contributed by atoms with Crippen molar-refractivity contribution < 1.29 is 14.2 Å². The zero-order chi connectivity index (χ0) is 15.0. The van der Waals surface area contributed by atoms with Crippen LogP contribution in [0.4, 0.5) is 4.39 Å². The van der Waals surface area contributed by atoms with Crippen LogP contribution >= 0.6 is 0 Å². The fourth-order valence-electron chi connectivity index (χ4n) is 2.01. The van der Waals surface area contributed by atoms with Crippen LogP contribution in [-0.4, -0.2) is 30.4 Å². The van der Waals surface area contributed by atoms with Crippen molar-refractivity contribution in [1.29, 1.82) is 0 Å². The van der Waals surface area contributed by atoms with Gasteiger partial charge in [0.25, 0.3) is 0 Å². The highest BCUT2D eigenvalue weighted by Crippen LogP contribution is 2.17. The number of halogens is 1. The fraction of sp³-hybridized carbons (Fsp3) is 0.625. The molecular weight excluding hydrogens is 257 g/mol. The molecule has 1 aromatic rings. The summed E-state index contributed by atoms with van der Waals surface area (Å²) in [5.74, 6) is 0.477. The van der Waals surface area contributed by atoms with E-state index in [4.69, 9.17) is 4.74 Å². The number of benzene rings is 1. The average molecular weight is 283 g/mol. The Balaban J connectivity index is 2.34.